The Morgan fingerprint density at radius 1 is 1.12 bits per heavy atom. The minimum absolute atomic E-state index is 0.0281. The van der Waals surface area contributed by atoms with E-state index in [0.29, 0.717) is 53.8 Å². The molecule has 2 heterocycles. The van der Waals surface area contributed by atoms with Gasteiger partial charge in [0.15, 0.2) is 0 Å². The highest BCUT2D eigenvalue weighted by Crippen LogP contribution is 2.30. The van der Waals surface area contributed by atoms with Crippen molar-refractivity contribution in [1.82, 2.24) is 9.88 Å². The number of hydrogen-bond donors (Lipinski definition) is 1. The predicted molar refractivity (Wildman–Crippen MR) is 103 cm³/mol. The van der Waals surface area contributed by atoms with Crippen LogP contribution in [0.3, 0.4) is 0 Å². The van der Waals surface area contributed by atoms with E-state index in [-0.39, 0.29) is 5.91 Å². The van der Waals surface area contributed by atoms with Gasteiger partial charge in [-0.3, -0.25) is 4.79 Å². The number of amides is 1. The highest BCUT2D eigenvalue weighted by Gasteiger charge is 2.22. The number of morpholine rings is 1. The van der Waals surface area contributed by atoms with E-state index < -0.39 is 0 Å². The summed E-state index contributed by atoms with van der Waals surface area (Å²) in [6.07, 6.45) is 0. The number of aromatic nitrogens is 1. The molecule has 4 rings (SSSR count). The number of hydrogen-bond acceptors (Lipinski definition) is 4. The average molecular weight is 368 g/mol. The minimum Gasteiger partial charge on any atom is -0.399 e. The summed E-state index contributed by atoms with van der Waals surface area (Å²) in [5.41, 5.74) is 9.27. The Hall–Kier alpha value is -2.63. The predicted octanol–water partition coefficient (Wildman–Crippen LogP) is 3.61. The molecule has 6 heteroatoms. The van der Waals surface area contributed by atoms with Gasteiger partial charge in [-0.2, -0.15) is 0 Å². The molecule has 0 unspecified atom stereocenters. The standard InChI is InChI=1S/C20H18ClN3O2/c21-17-3-1-2-15-16(20(25)24-8-10-26-11-9-24)12-18(23-19(15)17)13-4-6-14(22)7-5-13/h1-7,12H,8-11,22H2. The van der Waals surface area contributed by atoms with Gasteiger partial charge in [-0.25, -0.2) is 4.98 Å². The summed E-state index contributed by atoms with van der Waals surface area (Å²) in [6, 6.07) is 14.8. The third-order valence-electron chi connectivity index (χ3n) is 4.53. The van der Waals surface area contributed by atoms with Crippen LogP contribution in [0.25, 0.3) is 22.2 Å². The number of carbonyl (C=O) groups is 1. The summed E-state index contributed by atoms with van der Waals surface area (Å²) in [7, 11) is 0. The molecule has 0 radical (unpaired) electrons. The van der Waals surface area contributed by atoms with Crippen molar-refractivity contribution in [1.29, 1.82) is 0 Å². The van der Waals surface area contributed by atoms with Gasteiger partial charge in [0.1, 0.15) is 0 Å². The van der Waals surface area contributed by atoms with Crippen LogP contribution < -0.4 is 5.73 Å². The van der Waals surface area contributed by atoms with Crippen molar-refractivity contribution in [2.45, 2.75) is 0 Å². The summed E-state index contributed by atoms with van der Waals surface area (Å²) >= 11 is 6.38. The average Bonchev–Trinajstić information content (AvgIpc) is 2.68. The van der Waals surface area contributed by atoms with Crippen molar-refractivity contribution in [3.05, 3.63) is 59.1 Å². The number of nitrogen functional groups attached to an aromatic ring is 1. The zero-order valence-corrected chi connectivity index (χ0v) is 14.9. The first-order chi connectivity index (χ1) is 12.6. The second-order valence-corrected chi connectivity index (χ2v) is 6.62. The summed E-state index contributed by atoms with van der Waals surface area (Å²) in [4.78, 5) is 19.6. The van der Waals surface area contributed by atoms with E-state index in [1.165, 1.54) is 0 Å². The van der Waals surface area contributed by atoms with Gasteiger partial charge < -0.3 is 15.4 Å². The quantitative estimate of drug-likeness (QED) is 0.702. The van der Waals surface area contributed by atoms with Gasteiger partial charge in [-0.15, -0.1) is 0 Å². The van der Waals surface area contributed by atoms with Crippen LogP contribution in [0.2, 0.25) is 5.02 Å². The molecule has 2 N–H and O–H groups in total. The highest BCUT2D eigenvalue weighted by atomic mass is 35.5. The summed E-state index contributed by atoms with van der Waals surface area (Å²) in [5, 5.41) is 1.28. The van der Waals surface area contributed by atoms with Crippen molar-refractivity contribution in [3.63, 3.8) is 0 Å². The number of benzene rings is 2. The van der Waals surface area contributed by atoms with Crippen LogP contribution in [-0.2, 0) is 4.74 Å². The number of pyridine rings is 1. The maximum Gasteiger partial charge on any atom is 0.254 e. The topological polar surface area (TPSA) is 68.5 Å². The molecule has 1 aliphatic heterocycles. The Balaban J connectivity index is 1.88. The van der Waals surface area contributed by atoms with Crippen molar-refractivity contribution in [3.8, 4) is 11.3 Å². The molecule has 0 aliphatic carbocycles. The number of anilines is 1. The Morgan fingerprint density at radius 3 is 2.58 bits per heavy atom. The van der Waals surface area contributed by atoms with E-state index in [4.69, 9.17) is 27.1 Å². The number of nitrogens with two attached hydrogens (primary N) is 1. The molecule has 1 fully saturated rings. The van der Waals surface area contributed by atoms with Gasteiger partial charge in [-0.1, -0.05) is 35.9 Å². The Kier molecular flexibility index (Phi) is 4.49. The molecule has 3 aromatic rings. The summed E-state index contributed by atoms with van der Waals surface area (Å²) in [6.45, 7) is 2.28. The first kappa shape index (κ1) is 16.8. The Morgan fingerprint density at radius 2 is 1.85 bits per heavy atom. The normalized spacial score (nSPS) is 14.6. The minimum atomic E-state index is -0.0281. The molecule has 1 aliphatic rings. The molecule has 0 atom stereocenters. The van der Waals surface area contributed by atoms with Crippen molar-refractivity contribution < 1.29 is 9.53 Å². The summed E-state index contributed by atoms with van der Waals surface area (Å²) < 4.78 is 5.36. The molecule has 0 spiro atoms. The fourth-order valence-electron chi connectivity index (χ4n) is 3.13. The van der Waals surface area contributed by atoms with Crippen LogP contribution in [0.15, 0.2) is 48.5 Å². The van der Waals surface area contributed by atoms with E-state index in [9.17, 15) is 4.79 Å². The lowest BCUT2D eigenvalue weighted by molar-refractivity contribution is 0.0304. The largest absolute Gasteiger partial charge is 0.399 e. The number of para-hydroxylation sites is 1. The second-order valence-electron chi connectivity index (χ2n) is 6.22. The van der Waals surface area contributed by atoms with Crippen LogP contribution in [0.4, 0.5) is 5.69 Å². The monoisotopic (exact) mass is 367 g/mol. The molecule has 1 amide bonds. The van der Waals surface area contributed by atoms with E-state index in [1.807, 2.05) is 47.4 Å². The smallest absolute Gasteiger partial charge is 0.254 e. The van der Waals surface area contributed by atoms with E-state index >= 15 is 0 Å². The van der Waals surface area contributed by atoms with Gasteiger partial charge in [0.25, 0.3) is 5.91 Å². The number of fused-ring (bicyclic) bond motifs is 1. The second kappa shape index (κ2) is 6.94. The molecular formula is C20H18ClN3O2. The van der Waals surface area contributed by atoms with E-state index in [2.05, 4.69) is 0 Å². The number of nitrogens with zero attached hydrogens (tertiary/aromatic N) is 2. The van der Waals surface area contributed by atoms with Gasteiger partial charge in [0, 0.05) is 29.7 Å². The molecule has 5 nitrogen and oxygen atoms in total. The Bertz CT molecular complexity index is 967. The van der Waals surface area contributed by atoms with Crippen LogP contribution in [-0.4, -0.2) is 42.1 Å². The number of rotatable bonds is 2. The van der Waals surface area contributed by atoms with Crippen LogP contribution in [0.1, 0.15) is 10.4 Å². The van der Waals surface area contributed by atoms with Gasteiger partial charge in [0.2, 0.25) is 0 Å². The zero-order valence-electron chi connectivity index (χ0n) is 14.1. The number of halogens is 1. The summed E-state index contributed by atoms with van der Waals surface area (Å²) in [5.74, 6) is -0.0281. The van der Waals surface area contributed by atoms with Gasteiger partial charge in [-0.05, 0) is 24.3 Å². The maximum atomic E-state index is 13.1. The molecule has 0 bridgehead atoms. The molecule has 1 aromatic heterocycles. The lowest BCUT2D eigenvalue weighted by atomic mass is 10.0. The Labute approximate surface area is 156 Å². The van der Waals surface area contributed by atoms with Crippen molar-refractivity contribution >= 4 is 34.1 Å². The van der Waals surface area contributed by atoms with Crippen LogP contribution >= 0.6 is 11.6 Å². The highest BCUT2D eigenvalue weighted by molar-refractivity contribution is 6.35. The zero-order chi connectivity index (χ0) is 18.1. The third kappa shape index (κ3) is 3.11. The molecule has 0 saturated carbocycles. The third-order valence-corrected chi connectivity index (χ3v) is 4.83. The molecular weight excluding hydrogens is 350 g/mol. The molecule has 26 heavy (non-hydrogen) atoms. The fraction of sp³-hybridized carbons (Fsp3) is 0.200. The molecule has 2 aromatic carbocycles. The maximum absolute atomic E-state index is 13.1. The lowest BCUT2D eigenvalue weighted by Gasteiger charge is -2.27. The van der Waals surface area contributed by atoms with E-state index in [0.717, 1.165) is 10.9 Å². The van der Waals surface area contributed by atoms with Crippen LogP contribution in [0.5, 0.6) is 0 Å². The van der Waals surface area contributed by atoms with Crippen LogP contribution in [0, 0.1) is 0 Å². The SMILES string of the molecule is Nc1ccc(-c2cc(C(=O)N3CCOCC3)c3cccc(Cl)c3n2)cc1. The van der Waals surface area contributed by atoms with Crippen molar-refractivity contribution in [2.24, 2.45) is 0 Å². The van der Waals surface area contributed by atoms with Gasteiger partial charge >= 0.3 is 0 Å². The fourth-order valence-corrected chi connectivity index (χ4v) is 3.35. The first-order valence-electron chi connectivity index (χ1n) is 8.46. The molecule has 1 saturated heterocycles. The van der Waals surface area contributed by atoms with Gasteiger partial charge in [0.05, 0.1) is 35.0 Å². The number of carbonyl (C=O) groups excluding carboxylic acids is 1. The molecule has 132 valence electrons. The van der Waals surface area contributed by atoms with Crippen molar-refractivity contribution in [2.75, 3.05) is 32.0 Å². The first-order valence-corrected chi connectivity index (χ1v) is 8.83. The lowest BCUT2D eigenvalue weighted by Crippen LogP contribution is -2.40. The van der Waals surface area contributed by atoms with E-state index in [1.54, 1.807) is 6.07 Å². The number of ether oxygens (including phenoxy) is 1.